The Labute approximate surface area is 93.5 Å². The van der Waals surface area contributed by atoms with Crippen LogP contribution in [0.1, 0.15) is 30.9 Å². The zero-order valence-electron chi connectivity index (χ0n) is 9.64. The zero-order valence-corrected chi connectivity index (χ0v) is 9.64. The molecule has 2 unspecified atom stereocenters. The molecule has 1 aliphatic carbocycles. The lowest BCUT2D eigenvalue weighted by Crippen LogP contribution is -2.40. The van der Waals surface area contributed by atoms with Crippen LogP contribution >= 0.6 is 0 Å². The van der Waals surface area contributed by atoms with Crippen LogP contribution in [-0.4, -0.2) is 15.2 Å². The molecule has 5 heteroatoms. The van der Waals surface area contributed by atoms with Crippen molar-refractivity contribution in [2.75, 3.05) is 0 Å². The molecule has 0 aromatic carbocycles. The van der Waals surface area contributed by atoms with Crippen LogP contribution in [0.3, 0.4) is 0 Å². The summed E-state index contributed by atoms with van der Waals surface area (Å²) in [6.07, 6.45) is 2.99. The Morgan fingerprint density at radius 2 is 1.94 bits per heavy atom. The molecule has 1 heterocycles. The van der Waals surface area contributed by atoms with E-state index in [-0.39, 0.29) is 23.2 Å². The lowest BCUT2D eigenvalue weighted by molar-refractivity contribution is 0.544. The highest BCUT2D eigenvalue weighted by atomic mass is 16.2. The van der Waals surface area contributed by atoms with Crippen LogP contribution in [0.15, 0.2) is 15.7 Å². The van der Waals surface area contributed by atoms with Crippen molar-refractivity contribution in [1.29, 1.82) is 0 Å². The number of hydrogen-bond acceptors (Lipinski definition) is 3. The third-order valence-electron chi connectivity index (χ3n) is 3.51. The molecule has 1 aromatic rings. The molecule has 1 aliphatic rings. The Kier molecular flexibility index (Phi) is 2.71. The summed E-state index contributed by atoms with van der Waals surface area (Å²) in [6.45, 7) is 0. The van der Waals surface area contributed by atoms with Gasteiger partial charge in [-0.1, -0.05) is 6.42 Å². The van der Waals surface area contributed by atoms with E-state index in [4.69, 9.17) is 5.73 Å². The molecule has 0 amide bonds. The number of nitrogens with zero attached hydrogens (tertiary/aromatic N) is 2. The SMILES string of the molecule is Cn1c(C2CCCC2N)cc(=O)n(C)c1=O. The van der Waals surface area contributed by atoms with Crippen molar-refractivity contribution in [1.82, 2.24) is 9.13 Å². The third-order valence-corrected chi connectivity index (χ3v) is 3.51. The van der Waals surface area contributed by atoms with Gasteiger partial charge < -0.3 is 10.3 Å². The second-order valence-electron chi connectivity index (χ2n) is 4.51. The van der Waals surface area contributed by atoms with Gasteiger partial charge in [0, 0.05) is 37.8 Å². The third kappa shape index (κ3) is 1.61. The molecule has 1 aromatic heterocycles. The van der Waals surface area contributed by atoms with Gasteiger partial charge >= 0.3 is 5.69 Å². The van der Waals surface area contributed by atoms with Crippen molar-refractivity contribution in [2.45, 2.75) is 31.2 Å². The average Bonchev–Trinajstić information content (AvgIpc) is 2.67. The molecular weight excluding hydrogens is 206 g/mol. The van der Waals surface area contributed by atoms with Crippen LogP contribution in [0, 0.1) is 0 Å². The minimum Gasteiger partial charge on any atom is -0.327 e. The first-order chi connectivity index (χ1) is 7.52. The topological polar surface area (TPSA) is 70.0 Å². The molecule has 1 fully saturated rings. The summed E-state index contributed by atoms with van der Waals surface area (Å²) < 4.78 is 2.65. The van der Waals surface area contributed by atoms with E-state index < -0.39 is 0 Å². The van der Waals surface area contributed by atoms with Crippen LogP contribution in [-0.2, 0) is 14.1 Å². The van der Waals surface area contributed by atoms with E-state index in [1.54, 1.807) is 7.05 Å². The van der Waals surface area contributed by atoms with Gasteiger partial charge in [0.25, 0.3) is 5.56 Å². The summed E-state index contributed by atoms with van der Waals surface area (Å²) in [4.78, 5) is 23.3. The fourth-order valence-corrected chi connectivity index (χ4v) is 2.46. The highest BCUT2D eigenvalue weighted by Gasteiger charge is 2.28. The molecule has 5 nitrogen and oxygen atoms in total. The van der Waals surface area contributed by atoms with Crippen LogP contribution < -0.4 is 17.0 Å². The highest BCUT2D eigenvalue weighted by molar-refractivity contribution is 5.13. The summed E-state index contributed by atoms with van der Waals surface area (Å²) in [7, 11) is 3.19. The van der Waals surface area contributed by atoms with E-state index in [1.165, 1.54) is 17.7 Å². The fourth-order valence-electron chi connectivity index (χ4n) is 2.46. The maximum absolute atomic E-state index is 11.8. The van der Waals surface area contributed by atoms with Crippen LogP contribution in [0.4, 0.5) is 0 Å². The monoisotopic (exact) mass is 223 g/mol. The van der Waals surface area contributed by atoms with Gasteiger partial charge in [0.2, 0.25) is 0 Å². The molecule has 1 saturated carbocycles. The van der Waals surface area contributed by atoms with Crippen molar-refractivity contribution in [3.05, 3.63) is 32.6 Å². The van der Waals surface area contributed by atoms with Crippen molar-refractivity contribution in [2.24, 2.45) is 19.8 Å². The van der Waals surface area contributed by atoms with Gasteiger partial charge in [-0.15, -0.1) is 0 Å². The molecule has 0 saturated heterocycles. The van der Waals surface area contributed by atoms with E-state index in [2.05, 4.69) is 0 Å². The normalized spacial score (nSPS) is 24.9. The molecule has 0 bridgehead atoms. The molecule has 0 aliphatic heterocycles. The van der Waals surface area contributed by atoms with E-state index >= 15 is 0 Å². The second-order valence-corrected chi connectivity index (χ2v) is 4.51. The van der Waals surface area contributed by atoms with Crippen molar-refractivity contribution < 1.29 is 0 Å². The highest BCUT2D eigenvalue weighted by Crippen LogP contribution is 2.31. The first kappa shape index (κ1) is 11.1. The lowest BCUT2D eigenvalue weighted by Gasteiger charge is -2.18. The molecule has 0 spiro atoms. The first-order valence-corrected chi connectivity index (χ1v) is 5.55. The number of aromatic nitrogens is 2. The zero-order chi connectivity index (χ0) is 11.9. The Morgan fingerprint density at radius 3 is 2.50 bits per heavy atom. The average molecular weight is 223 g/mol. The largest absolute Gasteiger partial charge is 0.330 e. The van der Waals surface area contributed by atoms with Crippen molar-refractivity contribution in [3.8, 4) is 0 Å². The van der Waals surface area contributed by atoms with Gasteiger partial charge in [0.15, 0.2) is 0 Å². The standard InChI is InChI=1S/C11H17N3O2/c1-13-9(7-4-3-5-8(7)12)6-10(15)14(2)11(13)16/h6-8H,3-5,12H2,1-2H3. The maximum atomic E-state index is 11.8. The molecule has 16 heavy (non-hydrogen) atoms. The fraction of sp³-hybridized carbons (Fsp3) is 0.636. The molecule has 88 valence electrons. The maximum Gasteiger partial charge on any atom is 0.330 e. The second kappa shape index (κ2) is 3.90. The molecule has 0 radical (unpaired) electrons. The van der Waals surface area contributed by atoms with Gasteiger partial charge in [0.1, 0.15) is 0 Å². The van der Waals surface area contributed by atoms with Crippen LogP contribution in [0.25, 0.3) is 0 Å². The van der Waals surface area contributed by atoms with Crippen LogP contribution in [0.5, 0.6) is 0 Å². The van der Waals surface area contributed by atoms with E-state index in [0.29, 0.717) is 0 Å². The van der Waals surface area contributed by atoms with Gasteiger partial charge in [-0.2, -0.15) is 0 Å². The summed E-state index contributed by atoms with van der Waals surface area (Å²) in [6, 6.07) is 1.61. The Hall–Kier alpha value is -1.36. The number of hydrogen-bond donors (Lipinski definition) is 1. The predicted octanol–water partition coefficient (Wildman–Crippen LogP) is -0.321. The Bertz CT molecular complexity index is 515. The minimum atomic E-state index is -0.276. The summed E-state index contributed by atoms with van der Waals surface area (Å²) in [5.41, 5.74) is 6.24. The summed E-state index contributed by atoms with van der Waals surface area (Å²) in [5.74, 6) is 0.145. The van der Waals surface area contributed by atoms with Crippen molar-refractivity contribution in [3.63, 3.8) is 0 Å². The predicted molar refractivity (Wildman–Crippen MR) is 61.5 cm³/mol. The lowest BCUT2D eigenvalue weighted by atomic mass is 9.99. The quantitative estimate of drug-likeness (QED) is 0.709. The summed E-state index contributed by atoms with van der Waals surface area (Å²) >= 11 is 0. The summed E-state index contributed by atoms with van der Waals surface area (Å²) in [5, 5.41) is 0. The van der Waals surface area contributed by atoms with E-state index in [0.717, 1.165) is 29.5 Å². The van der Waals surface area contributed by atoms with Gasteiger partial charge in [-0.25, -0.2) is 4.79 Å². The van der Waals surface area contributed by atoms with Gasteiger partial charge in [-0.05, 0) is 12.8 Å². The minimum absolute atomic E-state index is 0.0673. The number of rotatable bonds is 1. The van der Waals surface area contributed by atoms with Crippen molar-refractivity contribution >= 4 is 0 Å². The smallest absolute Gasteiger partial charge is 0.327 e. The van der Waals surface area contributed by atoms with Gasteiger partial charge in [0.05, 0.1) is 0 Å². The van der Waals surface area contributed by atoms with Crippen LogP contribution in [0.2, 0.25) is 0 Å². The Balaban J connectivity index is 2.58. The molecule has 2 rings (SSSR count). The van der Waals surface area contributed by atoms with E-state index in [9.17, 15) is 9.59 Å². The van der Waals surface area contributed by atoms with E-state index in [1.807, 2.05) is 0 Å². The first-order valence-electron chi connectivity index (χ1n) is 5.55. The number of nitrogens with two attached hydrogens (primary N) is 1. The molecular formula is C11H17N3O2. The Morgan fingerprint density at radius 1 is 1.25 bits per heavy atom. The molecule has 2 N–H and O–H groups in total. The van der Waals surface area contributed by atoms with Gasteiger partial charge in [-0.3, -0.25) is 9.36 Å². The molecule has 2 atom stereocenters.